The molecular formula is C10H10BrN3. The highest BCUT2D eigenvalue weighted by molar-refractivity contribution is 9.10. The summed E-state index contributed by atoms with van der Waals surface area (Å²) < 4.78 is 2.80. The maximum Gasteiger partial charge on any atom is 0.0920 e. The largest absolute Gasteiger partial charge is 0.396 e. The highest BCUT2D eigenvalue weighted by Gasteiger charge is 2.10. The molecule has 72 valence electrons. The maximum atomic E-state index is 5.84. The zero-order valence-corrected chi connectivity index (χ0v) is 9.32. The Morgan fingerprint density at radius 2 is 2.07 bits per heavy atom. The van der Waals surface area contributed by atoms with Crippen LogP contribution >= 0.6 is 15.9 Å². The lowest BCUT2D eigenvalue weighted by Gasteiger charge is -2.05. The summed E-state index contributed by atoms with van der Waals surface area (Å²) in [7, 11) is 1.88. The number of benzene rings is 1. The third kappa shape index (κ3) is 1.42. The van der Waals surface area contributed by atoms with Gasteiger partial charge in [0.05, 0.1) is 17.6 Å². The average Bonchev–Trinajstić information content (AvgIpc) is 2.48. The van der Waals surface area contributed by atoms with Gasteiger partial charge in [0.25, 0.3) is 0 Å². The third-order valence-corrected chi connectivity index (χ3v) is 2.79. The Bertz CT molecular complexity index is 443. The quantitative estimate of drug-likeness (QED) is 0.847. The van der Waals surface area contributed by atoms with Crippen molar-refractivity contribution in [1.29, 1.82) is 0 Å². The van der Waals surface area contributed by atoms with Crippen LogP contribution in [0.15, 0.2) is 34.9 Å². The van der Waals surface area contributed by atoms with E-state index in [1.54, 1.807) is 10.9 Å². The molecule has 2 aromatic rings. The molecule has 0 atom stereocenters. The molecule has 0 amide bonds. The summed E-state index contributed by atoms with van der Waals surface area (Å²) in [5.41, 5.74) is 8.53. The minimum atomic E-state index is 0.694. The van der Waals surface area contributed by atoms with Gasteiger partial charge in [-0.05, 0) is 6.07 Å². The Hall–Kier alpha value is -1.29. The summed E-state index contributed by atoms with van der Waals surface area (Å²) in [4.78, 5) is 0. The molecule has 14 heavy (non-hydrogen) atoms. The highest BCUT2D eigenvalue weighted by atomic mass is 79.9. The van der Waals surface area contributed by atoms with Crippen LogP contribution in [0.2, 0.25) is 0 Å². The summed E-state index contributed by atoms with van der Waals surface area (Å²) in [6.45, 7) is 0. The number of anilines is 1. The molecule has 3 nitrogen and oxygen atoms in total. The monoisotopic (exact) mass is 251 g/mol. The van der Waals surface area contributed by atoms with E-state index in [4.69, 9.17) is 5.73 Å². The van der Waals surface area contributed by atoms with Crippen molar-refractivity contribution in [2.45, 2.75) is 0 Å². The number of aryl methyl sites for hydroxylation is 1. The van der Waals surface area contributed by atoms with E-state index in [1.807, 2.05) is 31.3 Å². The van der Waals surface area contributed by atoms with Crippen molar-refractivity contribution in [3.63, 3.8) is 0 Å². The molecule has 1 aromatic heterocycles. The predicted molar refractivity (Wildman–Crippen MR) is 60.8 cm³/mol. The van der Waals surface area contributed by atoms with Crippen LogP contribution < -0.4 is 5.73 Å². The van der Waals surface area contributed by atoms with E-state index in [2.05, 4.69) is 21.0 Å². The lowest BCUT2D eigenvalue weighted by atomic mass is 10.1. The van der Waals surface area contributed by atoms with Crippen LogP contribution in [0.25, 0.3) is 11.3 Å². The fourth-order valence-corrected chi connectivity index (χ4v) is 1.91. The Morgan fingerprint density at radius 1 is 1.36 bits per heavy atom. The van der Waals surface area contributed by atoms with Gasteiger partial charge in [0, 0.05) is 17.1 Å². The average molecular weight is 252 g/mol. The summed E-state index contributed by atoms with van der Waals surface area (Å²) in [6.07, 6.45) is 1.66. The molecule has 1 heterocycles. The van der Waals surface area contributed by atoms with Crippen LogP contribution in [0, 0.1) is 0 Å². The van der Waals surface area contributed by atoms with Crippen molar-refractivity contribution in [3.8, 4) is 11.3 Å². The lowest BCUT2D eigenvalue weighted by Crippen LogP contribution is -1.96. The standard InChI is InChI=1S/C10H10BrN3/c1-14-10(9(12)6-13-14)7-4-2-3-5-8(7)11/h2-6H,12H2,1H3. The SMILES string of the molecule is Cn1ncc(N)c1-c1ccccc1Br. The molecule has 1 aromatic carbocycles. The zero-order valence-electron chi connectivity index (χ0n) is 7.74. The van der Waals surface area contributed by atoms with E-state index >= 15 is 0 Å². The Morgan fingerprint density at radius 3 is 2.64 bits per heavy atom. The van der Waals surface area contributed by atoms with Gasteiger partial charge in [0.1, 0.15) is 0 Å². The first-order chi connectivity index (χ1) is 6.70. The summed E-state index contributed by atoms with van der Waals surface area (Å²) >= 11 is 3.49. The van der Waals surface area contributed by atoms with E-state index in [0.29, 0.717) is 5.69 Å². The van der Waals surface area contributed by atoms with Gasteiger partial charge in [0.15, 0.2) is 0 Å². The van der Waals surface area contributed by atoms with Gasteiger partial charge in [-0.3, -0.25) is 4.68 Å². The third-order valence-electron chi connectivity index (χ3n) is 2.10. The number of hydrogen-bond donors (Lipinski definition) is 1. The number of rotatable bonds is 1. The predicted octanol–water partition coefficient (Wildman–Crippen LogP) is 2.43. The highest BCUT2D eigenvalue weighted by Crippen LogP contribution is 2.31. The summed E-state index contributed by atoms with van der Waals surface area (Å²) in [5, 5.41) is 4.10. The van der Waals surface area contributed by atoms with E-state index in [1.165, 1.54) is 0 Å². The minimum Gasteiger partial charge on any atom is -0.396 e. The Balaban J connectivity index is 2.66. The molecule has 0 spiro atoms. The van der Waals surface area contributed by atoms with Gasteiger partial charge in [0.2, 0.25) is 0 Å². The molecule has 0 aliphatic rings. The van der Waals surface area contributed by atoms with Crippen LogP contribution in [0.4, 0.5) is 5.69 Å². The molecule has 0 fully saturated rings. The molecule has 0 saturated carbocycles. The second-order valence-corrected chi connectivity index (χ2v) is 3.91. The van der Waals surface area contributed by atoms with Crippen molar-refractivity contribution in [3.05, 3.63) is 34.9 Å². The number of nitrogens with two attached hydrogens (primary N) is 1. The molecule has 0 aliphatic heterocycles. The van der Waals surface area contributed by atoms with Gasteiger partial charge < -0.3 is 5.73 Å². The first kappa shape index (κ1) is 9.27. The second-order valence-electron chi connectivity index (χ2n) is 3.05. The van der Waals surface area contributed by atoms with Crippen LogP contribution in [0.5, 0.6) is 0 Å². The van der Waals surface area contributed by atoms with Gasteiger partial charge in [-0.15, -0.1) is 0 Å². The molecule has 0 saturated heterocycles. The van der Waals surface area contributed by atoms with Gasteiger partial charge in [-0.25, -0.2) is 0 Å². The normalized spacial score (nSPS) is 10.4. The zero-order chi connectivity index (χ0) is 10.1. The van der Waals surface area contributed by atoms with Crippen molar-refractivity contribution >= 4 is 21.6 Å². The van der Waals surface area contributed by atoms with Crippen LogP contribution in [-0.4, -0.2) is 9.78 Å². The van der Waals surface area contributed by atoms with E-state index in [-0.39, 0.29) is 0 Å². The second kappa shape index (κ2) is 3.46. The Labute approximate surface area is 90.7 Å². The number of aromatic nitrogens is 2. The smallest absolute Gasteiger partial charge is 0.0920 e. The fraction of sp³-hybridized carbons (Fsp3) is 0.100. The van der Waals surface area contributed by atoms with Gasteiger partial charge >= 0.3 is 0 Å². The maximum absolute atomic E-state index is 5.84. The van der Waals surface area contributed by atoms with E-state index in [0.717, 1.165) is 15.7 Å². The van der Waals surface area contributed by atoms with Crippen LogP contribution in [-0.2, 0) is 7.05 Å². The number of hydrogen-bond acceptors (Lipinski definition) is 2. The molecule has 0 radical (unpaired) electrons. The van der Waals surface area contributed by atoms with Crippen LogP contribution in [0.3, 0.4) is 0 Å². The van der Waals surface area contributed by atoms with E-state index in [9.17, 15) is 0 Å². The Kier molecular flexibility index (Phi) is 2.29. The van der Waals surface area contributed by atoms with Gasteiger partial charge in [-0.2, -0.15) is 5.10 Å². The summed E-state index contributed by atoms with van der Waals surface area (Å²) in [6, 6.07) is 7.95. The number of nitrogen functional groups attached to an aromatic ring is 1. The molecule has 2 rings (SSSR count). The topological polar surface area (TPSA) is 43.8 Å². The van der Waals surface area contributed by atoms with Gasteiger partial charge in [-0.1, -0.05) is 34.1 Å². The first-order valence-corrected chi connectivity index (χ1v) is 5.02. The minimum absolute atomic E-state index is 0.694. The van der Waals surface area contributed by atoms with Crippen LogP contribution in [0.1, 0.15) is 0 Å². The molecule has 0 aliphatic carbocycles. The lowest BCUT2D eigenvalue weighted by molar-refractivity contribution is 0.775. The molecule has 4 heteroatoms. The number of halogens is 1. The van der Waals surface area contributed by atoms with Crippen molar-refractivity contribution in [2.24, 2.45) is 7.05 Å². The fourth-order valence-electron chi connectivity index (χ4n) is 1.44. The molecule has 0 unspecified atom stereocenters. The van der Waals surface area contributed by atoms with Crippen molar-refractivity contribution in [1.82, 2.24) is 9.78 Å². The molecule has 2 N–H and O–H groups in total. The van der Waals surface area contributed by atoms with E-state index < -0.39 is 0 Å². The summed E-state index contributed by atoms with van der Waals surface area (Å²) in [5.74, 6) is 0. The molecule has 0 bridgehead atoms. The molecular weight excluding hydrogens is 242 g/mol. The van der Waals surface area contributed by atoms with Crippen molar-refractivity contribution < 1.29 is 0 Å². The number of nitrogens with zero attached hydrogens (tertiary/aromatic N) is 2. The first-order valence-electron chi connectivity index (χ1n) is 4.22. The van der Waals surface area contributed by atoms with Crippen molar-refractivity contribution in [2.75, 3.05) is 5.73 Å².